The number of ether oxygens (including phenoxy) is 1. The van der Waals surface area contributed by atoms with Crippen LogP contribution in [-0.2, 0) is 18.2 Å². The Morgan fingerprint density at radius 3 is 2.43 bits per heavy atom. The van der Waals surface area contributed by atoms with Crippen LogP contribution in [0.4, 0.5) is 4.79 Å². The van der Waals surface area contributed by atoms with Crippen LogP contribution in [0.2, 0.25) is 0 Å². The molecule has 0 aliphatic rings. The minimum Gasteiger partial charge on any atom is -0.450 e. The fourth-order valence-corrected chi connectivity index (χ4v) is 3.22. The lowest BCUT2D eigenvalue weighted by atomic mass is 10.0. The van der Waals surface area contributed by atoms with Crippen molar-refractivity contribution in [2.75, 3.05) is 20.2 Å². The fraction of sp³-hybridized carbons (Fsp3) is 0.750. The highest BCUT2D eigenvalue weighted by Gasteiger charge is 2.17. The molecule has 0 radical (unpaired) electrons. The lowest BCUT2D eigenvalue weighted by molar-refractivity contribution is 0.146. The molecule has 8 nitrogen and oxygen atoms in total. The second-order valence-corrected chi connectivity index (χ2v) is 7.67. The van der Waals surface area contributed by atoms with Crippen molar-refractivity contribution in [3.8, 4) is 0 Å². The maximum absolute atomic E-state index is 11.8. The molecule has 1 aromatic heterocycles. The Morgan fingerprint density at radius 1 is 1.25 bits per heavy atom. The lowest BCUT2D eigenvalue weighted by Gasteiger charge is -2.23. The molecule has 2 atom stereocenters. The molecular weight excluding hydrogens is 356 g/mol. The number of carbonyl (C=O) groups is 1. The smallest absolute Gasteiger partial charge is 0.407 e. The van der Waals surface area contributed by atoms with Crippen LogP contribution in [0, 0.1) is 19.8 Å². The van der Waals surface area contributed by atoms with Gasteiger partial charge < -0.3 is 20.7 Å². The summed E-state index contributed by atoms with van der Waals surface area (Å²) in [5.41, 5.74) is 3.51. The minimum absolute atomic E-state index is 0.0317. The molecule has 1 amide bonds. The predicted molar refractivity (Wildman–Crippen MR) is 114 cm³/mol. The quantitative estimate of drug-likeness (QED) is 0.441. The number of guanidine groups is 1. The zero-order chi connectivity index (χ0) is 21.3. The van der Waals surface area contributed by atoms with Crippen molar-refractivity contribution in [1.29, 1.82) is 0 Å². The van der Waals surface area contributed by atoms with Crippen molar-refractivity contribution < 1.29 is 9.53 Å². The maximum Gasteiger partial charge on any atom is 0.407 e. The van der Waals surface area contributed by atoms with E-state index in [-0.39, 0.29) is 18.2 Å². The normalized spacial score (nSPS) is 14.0. The van der Waals surface area contributed by atoms with Gasteiger partial charge >= 0.3 is 6.09 Å². The van der Waals surface area contributed by atoms with Gasteiger partial charge in [-0.3, -0.25) is 9.67 Å². The van der Waals surface area contributed by atoms with Gasteiger partial charge in [-0.25, -0.2) is 4.79 Å². The third kappa shape index (κ3) is 7.78. The summed E-state index contributed by atoms with van der Waals surface area (Å²) < 4.78 is 6.93. The third-order valence-electron chi connectivity index (χ3n) is 4.65. The largest absolute Gasteiger partial charge is 0.450 e. The van der Waals surface area contributed by atoms with Crippen molar-refractivity contribution in [2.45, 2.75) is 66.5 Å². The van der Waals surface area contributed by atoms with Crippen LogP contribution in [0.25, 0.3) is 0 Å². The van der Waals surface area contributed by atoms with Crippen LogP contribution < -0.4 is 16.0 Å². The molecule has 1 aromatic rings. The van der Waals surface area contributed by atoms with E-state index in [4.69, 9.17) is 4.74 Å². The Labute approximate surface area is 169 Å². The zero-order valence-corrected chi connectivity index (χ0v) is 18.7. The van der Waals surface area contributed by atoms with E-state index in [1.165, 1.54) is 11.3 Å². The van der Waals surface area contributed by atoms with E-state index in [0.717, 1.165) is 18.5 Å². The van der Waals surface area contributed by atoms with Gasteiger partial charge in [0.05, 0.1) is 12.3 Å². The Hall–Kier alpha value is -2.25. The number of nitrogens with zero attached hydrogens (tertiary/aromatic N) is 3. The van der Waals surface area contributed by atoms with Gasteiger partial charge in [0.1, 0.15) is 0 Å². The number of amides is 1. The van der Waals surface area contributed by atoms with Crippen LogP contribution >= 0.6 is 0 Å². The Bertz CT molecular complexity index is 653. The molecule has 0 saturated heterocycles. The first-order valence-corrected chi connectivity index (χ1v) is 10.1. The summed E-state index contributed by atoms with van der Waals surface area (Å²) in [4.78, 5) is 16.1. The molecule has 160 valence electrons. The summed E-state index contributed by atoms with van der Waals surface area (Å²) in [6.07, 6.45) is 1.34. The van der Waals surface area contributed by atoms with Gasteiger partial charge in [-0.05, 0) is 52.0 Å². The van der Waals surface area contributed by atoms with Crippen molar-refractivity contribution in [1.82, 2.24) is 25.7 Å². The van der Waals surface area contributed by atoms with Crippen LogP contribution in [0.1, 0.15) is 51.1 Å². The average Bonchev–Trinajstić information content (AvgIpc) is 2.84. The molecule has 0 aliphatic heterocycles. The van der Waals surface area contributed by atoms with Crippen LogP contribution in [0.5, 0.6) is 0 Å². The molecule has 0 saturated carbocycles. The number of alkyl carbamates (subject to hydrolysis) is 1. The summed E-state index contributed by atoms with van der Waals surface area (Å²) in [6, 6.07) is 0.157. The Kier molecular flexibility index (Phi) is 9.82. The third-order valence-corrected chi connectivity index (χ3v) is 4.65. The molecule has 2 unspecified atom stereocenters. The van der Waals surface area contributed by atoms with E-state index in [0.29, 0.717) is 25.0 Å². The molecule has 1 heterocycles. The molecule has 0 aliphatic carbocycles. The molecule has 28 heavy (non-hydrogen) atoms. The number of aryl methyl sites for hydroxylation is 2. The maximum atomic E-state index is 11.8. The standard InChI is InChI=1S/C20H38N6O2/c1-9-28-20(27)24-17(10-13(2)3)12-22-19(21-7)23-14(4)11-18-15(5)25-26(8)16(18)6/h13-14,17H,9-12H2,1-8H3,(H,24,27)(H2,21,22,23). The molecule has 0 aromatic carbocycles. The van der Waals surface area contributed by atoms with E-state index in [1.807, 2.05) is 18.7 Å². The topological polar surface area (TPSA) is 92.6 Å². The minimum atomic E-state index is -0.381. The molecule has 0 fully saturated rings. The van der Waals surface area contributed by atoms with E-state index in [9.17, 15) is 4.79 Å². The van der Waals surface area contributed by atoms with E-state index in [2.05, 4.69) is 53.7 Å². The molecule has 1 rings (SSSR count). The SMILES string of the molecule is CCOC(=O)NC(CNC(=NC)NC(C)Cc1c(C)nn(C)c1C)CC(C)C. The number of hydrogen-bond donors (Lipinski definition) is 3. The first-order valence-electron chi connectivity index (χ1n) is 10.1. The van der Waals surface area contributed by atoms with Crippen LogP contribution in [0.15, 0.2) is 4.99 Å². The summed E-state index contributed by atoms with van der Waals surface area (Å²) in [5, 5.41) is 14.2. The van der Waals surface area contributed by atoms with Gasteiger partial charge in [-0.15, -0.1) is 0 Å². The molecular formula is C20H38N6O2. The van der Waals surface area contributed by atoms with Crippen molar-refractivity contribution in [3.63, 3.8) is 0 Å². The van der Waals surface area contributed by atoms with Crippen molar-refractivity contribution in [2.24, 2.45) is 18.0 Å². The second kappa shape index (κ2) is 11.6. The van der Waals surface area contributed by atoms with E-state index >= 15 is 0 Å². The summed E-state index contributed by atoms with van der Waals surface area (Å²) in [5.74, 6) is 1.17. The van der Waals surface area contributed by atoms with Crippen LogP contribution in [0.3, 0.4) is 0 Å². The predicted octanol–water partition coefficient (Wildman–Crippen LogP) is 2.29. The van der Waals surface area contributed by atoms with Crippen molar-refractivity contribution >= 4 is 12.1 Å². The highest BCUT2D eigenvalue weighted by molar-refractivity contribution is 5.80. The second-order valence-electron chi connectivity index (χ2n) is 7.67. The molecule has 0 spiro atoms. The van der Waals surface area contributed by atoms with Gasteiger partial charge in [0.2, 0.25) is 0 Å². The summed E-state index contributed by atoms with van der Waals surface area (Å²) in [6.45, 7) is 13.3. The highest BCUT2D eigenvalue weighted by Crippen LogP contribution is 2.14. The van der Waals surface area contributed by atoms with Gasteiger partial charge in [-0.2, -0.15) is 5.10 Å². The number of nitrogens with one attached hydrogen (secondary N) is 3. The first-order chi connectivity index (χ1) is 13.2. The lowest BCUT2D eigenvalue weighted by Crippen LogP contribution is -2.49. The number of aromatic nitrogens is 2. The number of carbonyl (C=O) groups excluding carboxylic acids is 1. The van der Waals surface area contributed by atoms with E-state index in [1.54, 1.807) is 14.0 Å². The van der Waals surface area contributed by atoms with Crippen LogP contribution in [-0.4, -0.2) is 54.1 Å². The fourth-order valence-electron chi connectivity index (χ4n) is 3.22. The molecule has 8 heteroatoms. The van der Waals surface area contributed by atoms with Gasteiger partial charge in [0.25, 0.3) is 0 Å². The Balaban J connectivity index is 2.62. The average molecular weight is 395 g/mol. The number of rotatable bonds is 9. The molecule has 3 N–H and O–H groups in total. The van der Waals surface area contributed by atoms with E-state index < -0.39 is 0 Å². The van der Waals surface area contributed by atoms with Gasteiger partial charge in [0, 0.05) is 38.4 Å². The highest BCUT2D eigenvalue weighted by atomic mass is 16.5. The summed E-state index contributed by atoms with van der Waals surface area (Å²) in [7, 11) is 3.72. The zero-order valence-electron chi connectivity index (χ0n) is 18.7. The number of hydrogen-bond acceptors (Lipinski definition) is 4. The van der Waals surface area contributed by atoms with Crippen molar-refractivity contribution in [3.05, 3.63) is 17.0 Å². The van der Waals surface area contributed by atoms with Gasteiger partial charge in [-0.1, -0.05) is 13.8 Å². The molecule has 0 bridgehead atoms. The van der Waals surface area contributed by atoms with Gasteiger partial charge in [0.15, 0.2) is 5.96 Å². The summed E-state index contributed by atoms with van der Waals surface area (Å²) >= 11 is 0. The Morgan fingerprint density at radius 2 is 1.93 bits per heavy atom. The first kappa shape index (κ1) is 23.8. The monoisotopic (exact) mass is 394 g/mol. The number of aliphatic imine (C=N–C) groups is 1.